The van der Waals surface area contributed by atoms with Gasteiger partial charge in [-0.05, 0) is 65.2 Å². The predicted molar refractivity (Wildman–Crippen MR) is 82.2 cm³/mol. The van der Waals surface area contributed by atoms with E-state index in [-0.39, 0.29) is 30.3 Å². The lowest BCUT2D eigenvalue weighted by Gasteiger charge is -2.42. The second-order valence-electron chi connectivity index (χ2n) is 6.86. The molecule has 5 nitrogen and oxygen atoms in total. The van der Waals surface area contributed by atoms with Crippen LogP contribution in [0.4, 0.5) is 4.79 Å². The molecule has 122 valence electrons. The highest BCUT2D eigenvalue weighted by Crippen LogP contribution is 2.34. The predicted octanol–water partition coefficient (Wildman–Crippen LogP) is 2.33. The molecule has 3 N–H and O–H groups in total. The van der Waals surface area contributed by atoms with Crippen molar-refractivity contribution in [2.45, 2.75) is 89.0 Å². The Morgan fingerprint density at radius 1 is 1.29 bits per heavy atom. The van der Waals surface area contributed by atoms with Crippen LogP contribution in [-0.4, -0.2) is 41.5 Å². The first kappa shape index (κ1) is 16.6. The van der Waals surface area contributed by atoms with E-state index in [1.807, 2.05) is 0 Å². The Labute approximate surface area is 127 Å². The summed E-state index contributed by atoms with van der Waals surface area (Å²) in [4.78, 5) is 12.1. The maximum atomic E-state index is 12.1. The lowest BCUT2D eigenvalue weighted by Crippen LogP contribution is -2.58. The third-order valence-electron chi connectivity index (χ3n) is 4.75. The second-order valence-corrected chi connectivity index (χ2v) is 6.86. The van der Waals surface area contributed by atoms with Gasteiger partial charge in [0.2, 0.25) is 0 Å². The molecule has 0 spiro atoms. The molecule has 21 heavy (non-hydrogen) atoms. The minimum absolute atomic E-state index is 0.0728. The van der Waals surface area contributed by atoms with Crippen molar-refractivity contribution in [2.24, 2.45) is 0 Å². The van der Waals surface area contributed by atoms with Crippen LogP contribution in [0.3, 0.4) is 0 Å². The van der Waals surface area contributed by atoms with E-state index in [0.29, 0.717) is 12.5 Å². The summed E-state index contributed by atoms with van der Waals surface area (Å²) >= 11 is 0. The summed E-state index contributed by atoms with van der Waals surface area (Å²) in [5.74, 6) is 0. The molecule has 0 aromatic rings. The summed E-state index contributed by atoms with van der Waals surface area (Å²) < 4.78 is 5.83. The second kappa shape index (κ2) is 7.45. The fourth-order valence-electron chi connectivity index (χ4n) is 3.45. The fraction of sp³-hybridized carbons (Fsp3) is 0.938. The first-order valence-electron chi connectivity index (χ1n) is 8.38. The molecule has 0 aromatic carbocycles. The quantitative estimate of drug-likeness (QED) is 0.705. The van der Waals surface area contributed by atoms with Gasteiger partial charge in [0.25, 0.3) is 0 Å². The lowest BCUT2D eigenvalue weighted by molar-refractivity contribution is -0.0157. The number of hydrogen-bond donors (Lipinski definition) is 3. The molecule has 0 radical (unpaired) electrons. The molecule has 2 amide bonds. The Morgan fingerprint density at radius 3 is 2.43 bits per heavy atom. The topological polar surface area (TPSA) is 70.6 Å². The maximum Gasteiger partial charge on any atom is 0.315 e. The molecule has 0 saturated heterocycles. The number of urea groups is 1. The van der Waals surface area contributed by atoms with Crippen LogP contribution < -0.4 is 10.6 Å². The van der Waals surface area contributed by atoms with Crippen LogP contribution in [0.5, 0.6) is 0 Å². The van der Waals surface area contributed by atoms with Gasteiger partial charge in [-0.3, -0.25) is 0 Å². The number of aliphatic hydroxyl groups excluding tert-OH is 1. The van der Waals surface area contributed by atoms with Crippen molar-refractivity contribution in [3.8, 4) is 0 Å². The zero-order valence-corrected chi connectivity index (χ0v) is 13.4. The maximum absolute atomic E-state index is 12.1. The van der Waals surface area contributed by atoms with E-state index in [0.717, 1.165) is 44.9 Å². The first-order valence-corrected chi connectivity index (χ1v) is 8.38. The molecule has 0 atom stereocenters. The van der Waals surface area contributed by atoms with Gasteiger partial charge in [-0.25, -0.2) is 4.79 Å². The number of nitrogens with one attached hydrogen (secondary N) is 2. The van der Waals surface area contributed by atoms with E-state index in [4.69, 9.17) is 9.84 Å². The van der Waals surface area contributed by atoms with Crippen LogP contribution >= 0.6 is 0 Å². The van der Waals surface area contributed by atoms with Crippen LogP contribution in [0.25, 0.3) is 0 Å². The molecule has 0 unspecified atom stereocenters. The molecule has 2 fully saturated rings. The Hall–Kier alpha value is -0.810. The van der Waals surface area contributed by atoms with Gasteiger partial charge in [-0.15, -0.1) is 0 Å². The number of aliphatic hydroxyl groups is 1. The van der Waals surface area contributed by atoms with E-state index in [1.165, 1.54) is 0 Å². The average molecular weight is 298 g/mol. The van der Waals surface area contributed by atoms with Gasteiger partial charge in [-0.2, -0.15) is 0 Å². The van der Waals surface area contributed by atoms with E-state index < -0.39 is 0 Å². The van der Waals surface area contributed by atoms with Crippen molar-refractivity contribution < 1.29 is 14.6 Å². The highest BCUT2D eigenvalue weighted by atomic mass is 16.5. The Kier molecular flexibility index (Phi) is 5.88. The number of amides is 2. The average Bonchev–Trinajstić information content (AvgIpc) is 2.38. The summed E-state index contributed by atoms with van der Waals surface area (Å²) in [5.41, 5.74) is -0.156. The van der Waals surface area contributed by atoms with Crippen LogP contribution in [-0.2, 0) is 4.74 Å². The molecular formula is C16H30N2O3. The molecule has 0 aliphatic heterocycles. The largest absolute Gasteiger partial charge is 0.396 e. The molecule has 0 bridgehead atoms. The van der Waals surface area contributed by atoms with Crippen molar-refractivity contribution in [3.05, 3.63) is 0 Å². The standard InChI is InChI=1S/C16H30N2O3/c1-12(2)21-14-6-4-13(5-7-14)17-15(20)18-16(10-11-19)8-3-9-16/h12-14,19H,3-11H2,1-2H3,(H2,17,18,20). The van der Waals surface area contributed by atoms with Crippen molar-refractivity contribution in [2.75, 3.05) is 6.61 Å². The van der Waals surface area contributed by atoms with Gasteiger partial charge in [-0.1, -0.05) is 0 Å². The summed E-state index contributed by atoms with van der Waals surface area (Å²) in [5, 5.41) is 15.3. The van der Waals surface area contributed by atoms with E-state index in [1.54, 1.807) is 0 Å². The van der Waals surface area contributed by atoms with Crippen molar-refractivity contribution in [3.63, 3.8) is 0 Å². The summed E-state index contributed by atoms with van der Waals surface area (Å²) in [6.45, 7) is 4.27. The van der Waals surface area contributed by atoms with Gasteiger partial charge in [0.05, 0.1) is 12.2 Å². The number of carbonyl (C=O) groups is 1. The molecule has 2 saturated carbocycles. The number of ether oxygens (including phenoxy) is 1. The fourth-order valence-corrected chi connectivity index (χ4v) is 3.45. The molecule has 2 aliphatic rings. The van der Waals surface area contributed by atoms with E-state index in [9.17, 15) is 4.79 Å². The molecule has 0 aromatic heterocycles. The number of carbonyl (C=O) groups excluding carboxylic acids is 1. The zero-order chi connectivity index (χ0) is 15.3. The molecule has 0 heterocycles. The van der Waals surface area contributed by atoms with Gasteiger partial charge < -0.3 is 20.5 Å². The summed E-state index contributed by atoms with van der Waals surface area (Å²) in [6.07, 6.45) is 8.39. The minimum atomic E-state index is -0.156. The first-order chi connectivity index (χ1) is 10.0. The zero-order valence-electron chi connectivity index (χ0n) is 13.4. The number of rotatable bonds is 6. The third-order valence-corrected chi connectivity index (χ3v) is 4.75. The smallest absolute Gasteiger partial charge is 0.315 e. The molecular weight excluding hydrogens is 268 g/mol. The monoisotopic (exact) mass is 298 g/mol. The van der Waals surface area contributed by atoms with Gasteiger partial charge in [0, 0.05) is 18.2 Å². The van der Waals surface area contributed by atoms with E-state index >= 15 is 0 Å². The lowest BCUT2D eigenvalue weighted by atomic mass is 9.74. The SMILES string of the molecule is CC(C)OC1CCC(NC(=O)NC2(CCO)CCC2)CC1. The van der Waals surface area contributed by atoms with Crippen LogP contribution in [0.2, 0.25) is 0 Å². The highest BCUT2D eigenvalue weighted by Gasteiger charge is 2.38. The minimum Gasteiger partial charge on any atom is -0.396 e. The Bertz CT molecular complexity index is 334. The third kappa shape index (κ3) is 4.85. The highest BCUT2D eigenvalue weighted by molar-refractivity contribution is 5.75. The Balaban J connectivity index is 1.69. The summed E-state index contributed by atoms with van der Waals surface area (Å²) in [7, 11) is 0. The molecule has 2 aliphatic carbocycles. The Morgan fingerprint density at radius 2 is 1.95 bits per heavy atom. The van der Waals surface area contributed by atoms with E-state index in [2.05, 4.69) is 24.5 Å². The van der Waals surface area contributed by atoms with Gasteiger partial charge in [0.15, 0.2) is 0 Å². The van der Waals surface area contributed by atoms with Crippen LogP contribution in [0.15, 0.2) is 0 Å². The number of hydrogen-bond acceptors (Lipinski definition) is 3. The molecule has 5 heteroatoms. The molecule has 2 rings (SSSR count). The summed E-state index contributed by atoms with van der Waals surface area (Å²) in [6, 6.07) is 0.180. The van der Waals surface area contributed by atoms with Crippen molar-refractivity contribution >= 4 is 6.03 Å². The van der Waals surface area contributed by atoms with Crippen molar-refractivity contribution in [1.82, 2.24) is 10.6 Å². The van der Waals surface area contributed by atoms with Gasteiger partial charge >= 0.3 is 6.03 Å². The van der Waals surface area contributed by atoms with Crippen molar-refractivity contribution in [1.29, 1.82) is 0 Å². The van der Waals surface area contributed by atoms with Crippen LogP contribution in [0, 0.1) is 0 Å². The normalized spacial score (nSPS) is 28.0. The van der Waals surface area contributed by atoms with Gasteiger partial charge in [0.1, 0.15) is 0 Å². The van der Waals surface area contributed by atoms with Crippen LogP contribution in [0.1, 0.15) is 65.2 Å².